The Hall–Kier alpha value is -1.34. The zero-order valence-electron chi connectivity index (χ0n) is 7.50. The van der Waals surface area contributed by atoms with Crippen LogP contribution in [0.3, 0.4) is 0 Å². The predicted octanol–water partition coefficient (Wildman–Crippen LogP) is 0.460. The zero-order valence-corrected chi connectivity index (χ0v) is 7.50. The summed E-state index contributed by atoms with van der Waals surface area (Å²) in [5.74, 6) is 1.92. The van der Waals surface area contributed by atoms with E-state index in [4.69, 9.17) is 9.84 Å². The Morgan fingerprint density at radius 2 is 2.15 bits per heavy atom. The second kappa shape index (κ2) is 7.32. The lowest BCUT2D eigenvalue weighted by molar-refractivity contribution is -0.146. The summed E-state index contributed by atoms with van der Waals surface area (Å²) < 4.78 is 5.02. The van der Waals surface area contributed by atoms with E-state index in [9.17, 15) is 9.59 Å². The molecule has 0 unspecified atom stereocenters. The number of carbonyl (C=O) groups excluding carboxylic acids is 1. The molecule has 0 saturated heterocycles. The summed E-state index contributed by atoms with van der Waals surface area (Å²) in [4.78, 5) is 20.4. The molecule has 0 spiro atoms. The van der Waals surface area contributed by atoms with Gasteiger partial charge in [0, 0.05) is 19.6 Å². The summed E-state index contributed by atoms with van der Waals surface area (Å²) in [6.07, 6.45) is 1.20. The molecule has 0 aliphatic rings. The fourth-order valence-electron chi connectivity index (χ4n) is 0.603. The molecule has 0 aromatic heterocycles. The zero-order chi connectivity index (χ0) is 10.1. The highest BCUT2D eigenvalue weighted by Gasteiger charge is 2.05. The minimum Gasteiger partial charge on any atom is -0.475 e. The molecule has 0 fully saturated rings. The van der Waals surface area contributed by atoms with Crippen molar-refractivity contribution in [2.45, 2.75) is 19.8 Å². The molecule has 0 bridgehead atoms. The van der Waals surface area contributed by atoms with Crippen molar-refractivity contribution in [2.24, 2.45) is 0 Å². The van der Waals surface area contributed by atoms with Gasteiger partial charge < -0.3 is 9.84 Å². The molecule has 0 aliphatic heterocycles. The Balaban J connectivity index is 3.51. The van der Waals surface area contributed by atoms with Crippen LogP contribution in [-0.2, 0) is 14.3 Å². The van der Waals surface area contributed by atoms with Crippen LogP contribution >= 0.6 is 0 Å². The second-order valence-electron chi connectivity index (χ2n) is 2.24. The van der Waals surface area contributed by atoms with Crippen molar-refractivity contribution in [1.82, 2.24) is 0 Å². The normalized spacial score (nSPS) is 8.69. The molecule has 0 atom stereocenters. The van der Waals surface area contributed by atoms with E-state index in [-0.39, 0.29) is 0 Å². The number of rotatable bonds is 5. The first-order valence-corrected chi connectivity index (χ1v) is 4.02. The second-order valence-corrected chi connectivity index (χ2v) is 2.24. The standard InChI is InChI=1S/C9H12O4/c1-2-13-7-5-3-4-6-8(10)9(11)12/h2-3,5,7H2,1H3,(H,11,12). The smallest absolute Gasteiger partial charge is 0.385 e. The van der Waals surface area contributed by atoms with Crippen LogP contribution in [0.4, 0.5) is 0 Å². The van der Waals surface area contributed by atoms with Gasteiger partial charge >= 0.3 is 11.8 Å². The van der Waals surface area contributed by atoms with E-state index >= 15 is 0 Å². The third-order valence-electron chi connectivity index (χ3n) is 1.19. The Morgan fingerprint density at radius 1 is 1.46 bits per heavy atom. The first kappa shape index (κ1) is 11.7. The number of hydrogen-bond acceptors (Lipinski definition) is 3. The van der Waals surface area contributed by atoms with Crippen molar-refractivity contribution in [2.75, 3.05) is 13.2 Å². The summed E-state index contributed by atoms with van der Waals surface area (Å²) in [6.45, 7) is 3.13. The largest absolute Gasteiger partial charge is 0.475 e. The van der Waals surface area contributed by atoms with Gasteiger partial charge in [0.25, 0.3) is 0 Å². The number of aliphatic carboxylic acids is 1. The molecule has 4 heteroatoms. The van der Waals surface area contributed by atoms with Gasteiger partial charge in [0.05, 0.1) is 0 Å². The van der Waals surface area contributed by atoms with Gasteiger partial charge in [-0.05, 0) is 19.3 Å². The first-order valence-electron chi connectivity index (χ1n) is 4.02. The molecule has 0 amide bonds. The highest BCUT2D eigenvalue weighted by Crippen LogP contribution is 1.87. The van der Waals surface area contributed by atoms with E-state index in [1.54, 1.807) is 0 Å². The van der Waals surface area contributed by atoms with Crippen LogP contribution in [0.5, 0.6) is 0 Å². The fourth-order valence-corrected chi connectivity index (χ4v) is 0.603. The van der Waals surface area contributed by atoms with Crippen LogP contribution in [0.25, 0.3) is 0 Å². The first-order chi connectivity index (χ1) is 6.18. The molecule has 0 aromatic carbocycles. The number of carbonyl (C=O) groups is 2. The number of carboxylic acids is 1. The van der Waals surface area contributed by atoms with Crippen molar-refractivity contribution in [3.8, 4) is 11.8 Å². The number of ketones is 1. The van der Waals surface area contributed by atoms with Crippen LogP contribution < -0.4 is 0 Å². The Labute approximate surface area is 76.9 Å². The molecular weight excluding hydrogens is 172 g/mol. The monoisotopic (exact) mass is 184 g/mol. The van der Waals surface area contributed by atoms with Crippen LogP contribution in [0.15, 0.2) is 0 Å². The number of ether oxygens (including phenoxy) is 1. The lowest BCUT2D eigenvalue weighted by Crippen LogP contribution is -2.08. The molecule has 0 aliphatic carbocycles. The number of Topliss-reactive ketones (excluding diaryl/α,β-unsaturated/α-hetero) is 1. The molecule has 0 saturated carbocycles. The number of carboxylic acid groups (broad SMARTS) is 1. The van der Waals surface area contributed by atoms with Gasteiger partial charge in [0.15, 0.2) is 0 Å². The number of unbranched alkanes of at least 4 members (excludes halogenated alkanes) is 1. The average Bonchev–Trinajstić information content (AvgIpc) is 2.10. The molecule has 0 heterocycles. The van der Waals surface area contributed by atoms with Crippen LogP contribution in [0, 0.1) is 11.8 Å². The van der Waals surface area contributed by atoms with Crippen molar-refractivity contribution < 1.29 is 19.4 Å². The highest BCUT2D eigenvalue weighted by molar-refractivity contribution is 6.40. The molecular formula is C9H12O4. The summed E-state index contributed by atoms with van der Waals surface area (Å²) in [6, 6.07) is 0. The van der Waals surface area contributed by atoms with E-state index in [0.717, 1.165) is 0 Å². The van der Waals surface area contributed by atoms with E-state index in [1.165, 1.54) is 0 Å². The van der Waals surface area contributed by atoms with E-state index in [1.807, 2.05) is 12.8 Å². The number of hydrogen-bond donors (Lipinski definition) is 1. The summed E-state index contributed by atoms with van der Waals surface area (Å²) in [7, 11) is 0. The predicted molar refractivity (Wildman–Crippen MR) is 46.1 cm³/mol. The van der Waals surface area contributed by atoms with E-state index in [0.29, 0.717) is 26.1 Å². The van der Waals surface area contributed by atoms with Gasteiger partial charge in [0.2, 0.25) is 0 Å². The third-order valence-corrected chi connectivity index (χ3v) is 1.19. The summed E-state index contributed by atoms with van der Waals surface area (Å²) >= 11 is 0. The van der Waals surface area contributed by atoms with Crippen LogP contribution in [-0.4, -0.2) is 30.1 Å². The maximum Gasteiger partial charge on any atom is 0.385 e. The molecule has 4 nitrogen and oxygen atoms in total. The van der Waals surface area contributed by atoms with E-state index in [2.05, 4.69) is 5.92 Å². The topological polar surface area (TPSA) is 63.6 Å². The Morgan fingerprint density at radius 3 is 2.69 bits per heavy atom. The maximum atomic E-state index is 10.4. The molecule has 0 aromatic rings. The van der Waals surface area contributed by atoms with Crippen molar-refractivity contribution in [1.29, 1.82) is 0 Å². The average molecular weight is 184 g/mol. The minimum atomic E-state index is -1.50. The minimum absolute atomic E-state index is 0.485. The van der Waals surface area contributed by atoms with Crippen molar-refractivity contribution in [3.05, 3.63) is 0 Å². The van der Waals surface area contributed by atoms with Crippen LogP contribution in [0.2, 0.25) is 0 Å². The van der Waals surface area contributed by atoms with Crippen molar-refractivity contribution in [3.63, 3.8) is 0 Å². The maximum absolute atomic E-state index is 10.4. The highest BCUT2D eigenvalue weighted by atomic mass is 16.5. The van der Waals surface area contributed by atoms with Crippen LogP contribution in [0.1, 0.15) is 19.8 Å². The van der Waals surface area contributed by atoms with E-state index < -0.39 is 11.8 Å². The quantitative estimate of drug-likeness (QED) is 0.292. The molecule has 0 rings (SSSR count). The molecule has 0 radical (unpaired) electrons. The Kier molecular flexibility index (Phi) is 6.56. The Bertz CT molecular complexity index is 234. The SMILES string of the molecule is CCOCCCC#CC(=O)C(=O)O. The third kappa shape index (κ3) is 7.04. The lowest BCUT2D eigenvalue weighted by Gasteiger charge is -1.94. The van der Waals surface area contributed by atoms with Gasteiger partial charge in [-0.15, -0.1) is 0 Å². The summed E-state index contributed by atoms with van der Waals surface area (Å²) in [5, 5.41) is 8.15. The fraction of sp³-hybridized carbons (Fsp3) is 0.556. The summed E-state index contributed by atoms with van der Waals surface area (Å²) in [5.41, 5.74) is 0. The van der Waals surface area contributed by atoms with Gasteiger partial charge in [-0.3, -0.25) is 4.79 Å². The lowest BCUT2D eigenvalue weighted by atomic mass is 10.3. The van der Waals surface area contributed by atoms with Crippen molar-refractivity contribution >= 4 is 11.8 Å². The molecule has 72 valence electrons. The van der Waals surface area contributed by atoms with Gasteiger partial charge in [-0.25, -0.2) is 4.79 Å². The van der Waals surface area contributed by atoms with Gasteiger partial charge in [-0.2, -0.15) is 0 Å². The molecule has 13 heavy (non-hydrogen) atoms. The molecule has 1 N–H and O–H groups in total. The van der Waals surface area contributed by atoms with Gasteiger partial charge in [0.1, 0.15) is 0 Å². The van der Waals surface area contributed by atoms with Gasteiger partial charge in [-0.1, -0.05) is 5.92 Å².